The number of amides is 1. The number of aromatic hydroxyl groups is 1. The van der Waals surface area contributed by atoms with Gasteiger partial charge in [-0.25, -0.2) is 8.42 Å². The van der Waals surface area contributed by atoms with E-state index in [2.05, 4.69) is 12.2 Å². The fraction of sp³-hybridized carbons (Fsp3) is 0.559. The lowest BCUT2D eigenvalue weighted by atomic mass is 10.0. The molecule has 1 amide bonds. The summed E-state index contributed by atoms with van der Waals surface area (Å²) < 4.78 is 25.5. The van der Waals surface area contributed by atoms with Crippen LogP contribution in [0.25, 0.3) is 5.57 Å². The van der Waals surface area contributed by atoms with E-state index in [0.29, 0.717) is 17.0 Å². The highest BCUT2D eigenvalue weighted by Crippen LogP contribution is 2.20. The Hall–Kier alpha value is -2.60. The van der Waals surface area contributed by atoms with Crippen molar-refractivity contribution in [3.05, 3.63) is 60.2 Å². The maximum absolute atomic E-state index is 12.7. The van der Waals surface area contributed by atoms with Gasteiger partial charge < -0.3 is 10.4 Å². The highest BCUT2D eigenvalue weighted by Gasteiger charge is 2.14. The lowest BCUT2D eigenvalue weighted by Crippen LogP contribution is -2.10. The first-order valence-electron chi connectivity index (χ1n) is 15.4. The fourth-order valence-electron chi connectivity index (χ4n) is 4.89. The van der Waals surface area contributed by atoms with Crippen LogP contribution in [0.2, 0.25) is 0 Å². The predicted molar refractivity (Wildman–Crippen MR) is 168 cm³/mol. The van der Waals surface area contributed by atoms with Crippen LogP contribution < -0.4 is 5.32 Å². The first-order chi connectivity index (χ1) is 19.3. The van der Waals surface area contributed by atoms with E-state index in [1.807, 2.05) is 6.92 Å². The van der Waals surface area contributed by atoms with E-state index in [4.69, 9.17) is 0 Å². The van der Waals surface area contributed by atoms with Crippen LogP contribution in [0.4, 0.5) is 5.69 Å². The third-order valence-corrected chi connectivity index (χ3v) is 9.23. The lowest BCUT2D eigenvalue weighted by molar-refractivity contribution is -0.111. The third-order valence-electron chi connectivity index (χ3n) is 7.42. The van der Waals surface area contributed by atoms with E-state index in [-0.39, 0.29) is 17.4 Å². The summed E-state index contributed by atoms with van der Waals surface area (Å²) in [5.41, 5.74) is 2.14. The number of carbonyl (C=O) groups excluding carboxylic acids is 1. The van der Waals surface area contributed by atoms with E-state index in [1.165, 1.54) is 89.5 Å². The van der Waals surface area contributed by atoms with E-state index >= 15 is 0 Å². The second-order valence-electron chi connectivity index (χ2n) is 11.0. The zero-order valence-corrected chi connectivity index (χ0v) is 25.6. The second kappa shape index (κ2) is 19.5. The van der Waals surface area contributed by atoms with E-state index < -0.39 is 9.84 Å². The minimum Gasteiger partial charge on any atom is -0.508 e. The number of allylic oxidation sites excluding steroid dienone is 1. The number of nitrogens with one attached hydrogen (secondary N) is 1. The van der Waals surface area contributed by atoms with Gasteiger partial charge in [-0.3, -0.25) is 4.79 Å². The molecule has 0 fully saturated rings. The molecule has 0 radical (unpaired) electrons. The number of phenols is 1. The zero-order valence-electron chi connectivity index (χ0n) is 24.8. The standard InChI is InChI=1S/C34H51NO4S/c1-3-4-5-6-7-8-9-10-11-12-13-14-15-16-17-18-27-40(38,39)33-25-21-31(22-26-33)35-34(37)28-29(2)30-19-23-32(36)24-20-30/h19-26,28,36H,3-18,27H2,1-2H3,(H,35,37). The fourth-order valence-corrected chi connectivity index (χ4v) is 6.26. The third kappa shape index (κ3) is 14.2. The number of carbonyl (C=O) groups is 1. The first-order valence-corrected chi connectivity index (χ1v) is 17.1. The summed E-state index contributed by atoms with van der Waals surface area (Å²) in [5, 5.41) is 12.2. The van der Waals surface area contributed by atoms with Gasteiger partial charge in [0.05, 0.1) is 10.6 Å². The van der Waals surface area contributed by atoms with Crippen LogP contribution in [-0.2, 0) is 14.6 Å². The van der Waals surface area contributed by atoms with Crippen molar-refractivity contribution in [1.82, 2.24) is 0 Å². The molecule has 0 aliphatic heterocycles. The van der Waals surface area contributed by atoms with Gasteiger partial charge in [-0.2, -0.15) is 0 Å². The van der Waals surface area contributed by atoms with Crippen LogP contribution in [0.15, 0.2) is 59.5 Å². The zero-order chi connectivity index (χ0) is 29.1. The molecule has 0 saturated carbocycles. The number of hydrogen-bond acceptors (Lipinski definition) is 4. The maximum Gasteiger partial charge on any atom is 0.248 e. The molecule has 0 aliphatic rings. The van der Waals surface area contributed by atoms with Gasteiger partial charge in [0.15, 0.2) is 9.84 Å². The molecule has 2 aromatic carbocycles. The Kier molecular flexibility index (Phi) is 16.4. The molecular weight excluding hydrogens is 518 g/mol. The van der Waals surface area contributed by atoms with Gasteiger partial charge in [0, 0.05) is 11.8 Å². The molecule has 6 heteroatoms. The molecule has 0 bridgehead atoms. The van der Waals surface area contributed by atoms with Crippen LogP contribution in [0, 0.1) is 0 Å². The van der Waals surface area contributed by atoms with Crippen molar-refractivity contribution < 1.29 is 18.3 Å². The Morgan fingerprint density at radius 1 is 0.700 bits per heavy atom. The van der Waals surface area contributed by atoms with Gasteiger partial charge in [0.2, 0.25) is 5.91 Å². The molecule has 5 nitrogen and oxygen atoms in total. The quantitative estimate of drug-likeness (QED) is 0.116. The maximum atomic E-state index is 12.7. The van der Waals surface area contributed by atoms with Gasteiger partial charge in [-0.15, -0.1) is 0 Å². The normalized spacial score (nSPS) is 12.0. The minimum atomic E-state index is -3.33. The number of benzene rings is 2. The number of anilines is 1. The first kappa shape index (κ1) is 33.6. The molecular formula is C34H51NO4S. The Morgan fingerprint density at radius 2 is 1.15 bits per heavy atom. The Balaban J connectivity index is 1.57. The summed E-state index contributed by atoms with van der Waals surface area (Å²) >= 11 is 0. The van der Waals surface area contributed by atoms with Gasteiger partial charge in [0.1, 0.15) is 5.75 Å². The molecule has 40 heavy (non-hydrogen) atoms. The summed E-state index contributed by atoms with van der Waals surface area (Å²) in [6, 6.07) is 13.0. The largest absolute Gasteiger partial charge is 0.508 e. The second-order valence-corrected chi connectivity index (χ2v) is 13.1. The van der Waals surface area contributed by atoms with Crippen LogP contribution in [-0.4, -0.2) is 25.2 Å². The molecule has 0 atom stereocenters. The van der Waals surface area contributed by atoms with Gasteiger partial charge in [-0.05, 0) is 60.9 Å². The number of phenolic OH excluding ortho intramolecular Hbond substituents is 1. The molecule has 0 aliphatic carbocycles. The van der Waals surface area contributed by atoms with Crippen molar-refractivity contribution in [2.75, 3.05) is 11.1 Å². The summed E-state index contributed by atoms with van der Waals surface area (Å²) in [6.45, 7) is 4.08. The number of rotatable bonds is 21. The molecule has 0 unspecified atom stereocenters. The van der Waals surface area contributed by atoms with Crippen molar-refractivity contribution in [1.29, 1.82) is 0 Å². The van der Waals surface area contributed by atoms with Gasteiger partial charge in [-0.1, -0.05) is 115 Å². The molecule has 0 aromatic heterocycles. The summed E-state index contributed by atoms with van der Waals surface area (Å²) in [5.74, 6) is 0.0336. The number of hydrogen-bond donors (Lipinski definition) is 2. The Morgan fingerprint density at radius 3 is 1.62 bits per heavy atom. The van der Waals surface area contributed by atoms with Gasteiger partial charge in [0.25, 0.3) is 0 Å². The molecule has 0 heterocycles. The lowest BCUT2D eigenvalue weighted by Gasteiger charge is -2.08. The molecule has 0 saturated heterocycles. The van der Waals surface area contributed by atoms with Crippen LogP contribution >= 0.6 is 0 Å². The monoisotopic (exact) mass is 569 g/mol. The molecule has 2 rings (SSSR count). The highest BCUT2D eigenvalue weighted by atomic mass is 32.2. The smallest absolute Gasteiger partial charge is 0.248 e. The average molecular weight is 570 g/mol. The van der Waals surface area contributed by atoms with E-state index in [1.54, 1.807) is 48.5 Å². The molecule has 0 spiro atoms. The van der Waals surface area contributed by atoms with Crippen LogP contribution in [0.5, 0.6) is 5.75 Å². The molecule has 2 aromatic rings. The van der Waals surface area contributed by atoms with E-state index in [9.17, 15) is 18.3 Å². The summed E-state index contributed by atoms with van der Waals surface area (Å²) in [7, 11) is -3.33. The Bertz CT molecular complexity index is 1110. The number of sulfone groups is 1. The summed E-state index contributed by atoms with van der Waals surface area (Å²) in [4.78, 5) is 12.7. The van der Waals surface area contributed by atoms with Crippen molar-refractivity contribution in [3.63, 3.8) is 0 Å². The Labute approximate surface area is 243 Å². The highest BCUT2D eigenvalue weighted by molar-refractivity contribution is 7.91. The molecule has 222 valence electrons. The van der Waals surface area contributed by atoms with Crippen molar-refractivity contribution in [2.45, 2.75) is 121 Å². The van der Waals surface area contributed by atoms with Gasteiger partial charge >= 0.3 is 0 Å². The predicted octanol–water partition coefficient (Wildman–Crippen LogP) is 9.47. The SMILES string of the molecule is CCCCCCCCCCCCCCCCCCS(=O)(=O)c1ccc(NC(=O)C=C(C)c2ccc(O)cc2)cc1. The topological polar surface area (TPSA) is 83.5 Å². The summed E-state index contributed by atoms with van der Waals surface area (Å²) in [6.07, 6.45) is 21.7. The van der Waals surface area contributed by atoms with Crippen LogP contribution in [0.3, 0.4) is 0 Å². The number of unbranched alkanes of at least 4 members (excludes halogenated alkanes) is 15. The van der Waals surface area contributed by atoms with Crippen molar-refractivity contribution in [2.24, 2.45) is 0 Å². The van der Waals surface area contributed by atoms with E-state index in [0.717, 1.165) is 24.0 Å². The van der Waals surface area contributed by atoms with Crippen molar-refractivity contribution in [3.8, 4) is 5.75 Å². The minimum absolute atomic E-state index is 0.158. The average Bonchev–Trinajstić information content (AvgIpc) is 2.93. The molecule has 2 N–H and O–H groups in total. The van der Waals surface area contributed by atoms with Crippen LogP contribution in [0.1, 0.15) is 122 Å². The van der Waals surface area contributed by atoms with Crippen molar-refractivity contribution >= 4 is 27.0 Å².